The van der Waals surface area contributed by atoms with Crippen LogP contribution in [0.1, 0.15) is 27.7 Å². The van der Waals surface area contributed by atoms with Crippen LogP contribution in [-0.2, 0) is 16.5 Å². The van der Waals surface area contributed by atoms with Gasteiger partial charge in [0.2, 0.25) is 0 Å². The van der Waals surface area contributed by atoms with Crippen LogP contribution in [0.25, 0.3) is 0 Å². The molecule has 0 aromatic carbocycles. The van der Waals surface area contributed by atoms with Crippen LogP contribution in [0.15, 0.2) is 0 Å². The van der Waals surface area contributed by atoms with Crippen LogP contribution in [0.5, 0.6) is 0 Å². The van der Waals surface area contributed by atoms with Crippen LogP contribution in [0.3, 0.4) is 0 Å². The predicted octanol–water partition coefficient (Wildman–Crippen LogP) is -7.36. The van der Waals surface area contributed by atoms with E-state index in [0.717, 1.165) is 0 Å². The van der Waals surface area contributed by atoms with Crippen LogP contribution >= 0.6 is 34.4 Å². The monoisotopic (exact) mass is 866 g/mol. The molecule has 0 aliphatic carbocycles. The predicted molar refractivity (Wildman–Crippen MR) is 172 cm³/mol. The van der Waals surface area contributed by atoms with Crippen molar-refractivity contribution in [3.05, 3.63) is 0 Å². The van der Waals surface area contributed by atoms with Crippen molar-refractivity contribution in [1.29, 1.82) is 0 Å². The summed E-state index contributed by atoms with van der Waals surface area (Å²) < 4.78 is 0. The molecule has 0 saturated heterocycles. The van der Waals surface area contributed by atoms with E-state index < -0.39 is 56.1 Å². The molecule has 0 unspecified atom stereocenters. The number of hydrogen-bond acceptors (Lipinski definition) is 24. The first-order valence-corrected chi connectivity index (χ1v) is 17.2. The fraction of sp³-hybridized carbons (Fsp3) is 1.00. The summed E-state index contributed by atoms with van der Waals surface area (Å²) in [4.78, 5) is 86.8. The van der Waals surface area contributed by atoms with E-state index in [1.54, 1.807) is 27.7 Å². The minimum atomic E-state index is -2.62. The van der Waals surface area contributed by atoms with Crippen LogP contribution in [-0.4, -0.2) is 199 Å². The zero-order chi connectivity index (χ0) is 40.8. The Morgan fingerprint density at radius 1 is 0.245 bits per heavy atom. The third kappa shape index (κ3) is 79.2. The topological polar surface area (TPSA) is 486 Å². The quantitative estimate of drug-likeness (QED) is 0.0640. The van der Waals surface area contributed by atoms with E-state index >= 15 is 0 Å². The normalized spacial score (nSPS) is 10.8. The van der Waals surface area contributed by atoms with Gasteiger partial charge in [-0.3, -0.25) is 0 Å². The van der Waals surface area contributed by atoms with E-state index in [2.05, 4.69) is 0 Å². The minimum Gasteiger partial charge on any atom is -0.396 e. The molecule has 0 bridgehead atoms. The molecule has 0 fully saturated rings. The minimum absolute atomic E-state index is 0. The van der Waals surface area contributed by atoms with E-state index in [-0.39, 0.29) is 95.8 Å². The van der Waals surface area contributed by atoms with E-state index in [0.29, 0.717) is 0 Å². The second kappa shape index (κ2) is 47.3. The van der Waals surface area contributed by atoms with Gasteiger partial charge >= 0.3 is 34.4 Å². The van der Waals surface area contributed by atoms with Crippen molar-refractivity contribution >= 4 is 34.4 Å². The van der Waals surface area contributed by atoms with Crippen molar-refractivity contribution in [3.63, 3.8) is 0 Å². The maximum atomic E-state index is 8.47. The molecule has 0 heterocycles. The molecule has 0 aliphatic heterocycles. The molecule has 0 atom stereocenters. The average Bonchev–Trinajstić information content (AvgIpc) is 3.03. The van der Waals surface area contributed by atoms with Crippen LogP contribution < -0.4 is 0 Å². The molecule has 314 valence electrons. The molecule has 0 aromatic heterocycles. The summed E-state index contributed by atoms with van der Waals surface area (Å²) in [6.45, 7) is 4.25. The van der Waals surface area contributed by atoms with Crippen molar-refractivity contribution in [2.24, 2.45) is 21.7 Å². The Hall–Kier alpha value is 1.25. The standard InChI is InChI=1S/4C5H12O3.Ni.4H3O3P/c4*1-5(2-6,3-7)4-8;;4*1-4(2)3/h4*6-8H,2-4H2,1H3;;4*1-3H. The summed E-state index contributed by atoms with van der Waals surface area (Å²) in [5, 5.41) is 102. The maximum Gasteiger partial charge on any atom is 0.324 e. The smallest absolute Gasteiger partial charge is 0.324 e. The van der Waals surface area contributed by atoms with E-state index in [9.17, 15) is 0 Å². The molecule has 0 saturated carbocycles. The molecular weight excluding hydrogens is 807 g/mol. The van der Waals surface area contributed by atoms with Crippen molar-refractivity contribution in [3.8, 4) is 0 Å². The Morgan fingerprint density at radius 2 is 0.286 bits per heavy atom. The second-order valence-electron chi connectivity index (χ2n) is 10.2. The number of hydrogen-bond donors (Lipinski definition) is 24. The van der Waals surface area contributed by atoms with Crippen molar-refractivity contribution in [2.45, 2.75) is 27.7 Å². The van der Waals surface area contributed by atoms with Gasteiger partial charge in [-0.25, -0.2) is 0 Å². The Kier molecular flexibility index (Phi) is 69.1. The molecule has 0 rings (SSSR count). The van der Waals surface area contributed by atoms with Crippen molar-refractivity contribution < 1.29 is 136 Å². The van der Waals surface area contributed by atoms with Gasteiger partial charge in [0.05, 0.1) is 79.3 Å². The zero-order valence-corrected chi connectivity index (χ0v) is 31.9. The fourth-order valence-corrected chi connectivity index (χ4v) is 0.600. The third-order valence-corrected chi connectivity index (χ3v) is 4.58. The molecule has 0 radical (unpaired) electrons. The van der Waals surface area contributed by atoms with Crippen LogP contribution in [0.2, 0.25) is 0 Å². The van der Waals surface area contributed by atoms with Gasteiger partial charge < -0.3 is 120 Å². The van der Waals surface area contributed by atoms with Gasteiger partial charge in [-0.1, -0.05) is 27.7 Å². The van der Waals surface area contributed by atoms with Crippen molar-refractivity contribution in [1.82, 2.24) is 0 Å². The first kappa shape index (κ1) is 71.6. The van der Waals surface area contributed by atoms with Gasteiger partial charge in [-0.05, 0) is 0 Å². The van der Waals surface area contributed by atoms with Crippen LogP contribution in [0, 0.1) is 21.7 Å². The van der Waals surface area contributed by atoms with Gasteiger partial charge in [0.25, 0.3) is 0 Å². The molecular formula is C20H60NiO24P4. The van der Waals surface area contributed by atoms with Gasteiger partial charge in [-0.15, -0.1) is 0 Å². The first-order valence-electron chi connectivity index (χ1n) is 12.4. The summed E-state index contributed by atoms with van der Waals surface area (Å²) in [7, 11) is -10.5. The molecule has 0 spiro atoms. The largest absolute Gasteiger partial charge is 0.396 e. The van der Waals surface area contributed by atoms with Gasteiger partial charge in [0.1, 0.15) is 0 Å². The summed E-state index contributed by atoms with van der Waals surface area (Å²) in [5.41, 5.74) is -2.83. The van der Waals surface area contributed by atoms with Crippen LogP contribution in [0.4, 0.5) is 0 Å². The zero-order valence-electron chi connectivity index (χ0n) is 27.3. The summed E-state index contributed by atoms with van der Waals surface area (Å²) >= 11 is 0. The number of aliphatic hydroxyl groups excluding tert-OH is 12. The summed E-state index contributed by atoms with van der Waals surface area (Å²) in [5.74, 6) is 0. The molecule has 24 nitrogen and oxygen atoms in total. The average molecular weight is 867 g/mol. The van der Waals surface area contributed by atoms with E-state index in [1.165, 1.54) is 0 Å². The number of aliphatic hydroxyl groups is 12. The molecule has 0 aromatic rings. The first-order chi connectivity index (χ1) is 21.7. The third-order valence-electron chi connectivity index (χ3n) is 4.58. The molecule has 49 heavy (non-hydrogen) atoms. The number of rotatable bonds is 12. The Balaban J connectivity index is -0.0000000543. The van der Waals surface area contributed by atoms with E-state index in [1.807, 2.05) is 0 Å². The second-order valence-corrected chi connectivity index (χ2v) is 12.4. The van der Waals surface area contributed by atoms with Gasteiger partial charge in [-0.2, -0.15) is 0 Å². The SMILES string of the molecule is CC(CO)(CO)CO.CC(CO)(CO)CO.CC(CO)(CO)CO.CC(CO)(CO)CO.OP(O)O.OP(O)O.OP(O)O.OP(O)O.[Ni]. The molecule has 0 aliphatic rings. The maximum absolute atomic E-state index is 8.47. The van der Waals surface area contributed by atoms with E-state index in [4.69, 9.17) is 120 Å². The van der Waals surface area contributed by atoms with Gasteiger partial charge in [0, 0.05) is 38.2 Å². The van der Waals surface area contributed by atoms with Gasteiger partial charge in [0.15, 0.2) is 0 Å². The molecule has 0 amide bonds. The Morgan fingerprint density at radius 3 is 0.286 bits per heavy atom. The Labute approximate surface area is 299 Å². The fourth-order valence-electron chi connectivity index (χ4n) is 0.600. The van der Waals surface area contributed by atoms with Crippen molar-refractivity contribution in [2.75, 3.05) is 79.3 Å². The molecule has 24 N–H and O–H groups in total. The summed E-state index contributed by atoms with van der Waals surface area (Å²) in [6.07, 6.45) is 0. The molecule has 29 heteroatoms. The summed E-state index contributed by atoms with van der Waals surface area (Å²) in [6, 6.07) is 0. The Bertz CT molecular complexity index is 435.